The lowest BCUT2D eigenvalue weighted by atomic mass is 10.0. The molecule has 1 atom stereocenters. The number of aliphatic hydroxyl groups excluding tert-OH is 1. The van der Waals surface area contributed by atoms with Crippen LogP contribution in [-0.4, -0.2) is 42.8 Å². The Morgan fingerprint density at radius 3 is 2.62 bits per heavy atom. The number of rotatable bonds is 8. The summed E-state index contributed by atoms with van der Waals surface area (Å²) >= 11 is 0. The fraction of sp³-hybridized carbons (Fsp3) is 0.647. The average molecular weight is 294 g/mol. The van der Waals surface area contributed by atoms with Gasteiger partial charge in [-0.25, -0.2) is 4.39 Å². The second-order valence-electron chi connectivity index (χ2n) is 5.85. The van der Waals surface area contributed by atoms with Crippen molar-refractivity contribution < 1.29 is 9.50 Å². The van der Waals surface area contributed by atoms with E-state index in [4.69, 9.17) is 0 Å². The van der Waals surface area contributed by atoms with Crippen LogP contribution < -0.4 is 5.32 Å². The summed E-state index contributed by atoms with van der Waals surface area (Å²) in [4.78, 5) is 2.37. The summed E-state index contributed by atoms with van der Waals surface area (Å²) < 4.78 is 13.9. The zero-order valence-corrected chi connectivity index (χ0v) is 12.9. The minimum absolute atomic E-state index is 0.0220. The molecule has 3 nitrogen and oxygen atoms in total. The zero-order valence-electron chi connectivity index (χ0n) is 12.9. The van der Waals surface area contributed by atoms with Gasteiger partial charge in [-0.3, -0.25) is 4.90 Å². The minimum atomic E-state index is -0.147. The standard InChI is InChI=1S/C17H27FN2O/c1-19-17(15-8-4-5-9-16(15)18)10-11-20(12-13-21)14-6-2-3-7-14/h4-5,8-9,14,17,19,21H,2-3,6-7,10-13H2,1H3. The maximum absolute atomic E-state index is 13.9. The summed E-state index contributed by atoms with van der Waals surface area (Å²) in [6.07, 6.45) is 5.88. The summed E-state index contributed by atoms with van der Waals surface area (Å²) in [7, 11) is 1.88. The number of hydrogen-bond acceptors (Lipinski definition) is 3. The Morgan fingerprint density at radius 2 is 2.00 bits per heavy atom. The molecule has 0 radical (unpaired) electrons. The maximum Gasteiger partial charge on any atom is 0.127 e. The number of halogens is 1. The van der Waals surface area contributed by atoms with E-state index in [0.29, 0.717) is 6.04 Å². The first kappa shape index (κ1) is 16.4. The maximum atomic E-state index is 13.9. The molecule has 1 aromatic carbocycles. The second kappa shape index (κ2) is 8.47. The number of hydrogen-bond donors (Lipinski definition) is 2. The van der Waals surface area contributed by atoms with Gasteiger partial charge in [0, 0.05) is 30.7 Å². The van der Waals surface area contributed by atoms with E-state index in [0.717, 1.165) is 25.1 Å². The molecule has 2 N–H and O–H groups in total. The number of aliphatic hydroxyl groups is 1. The van der Waals surface area contributed by atoms with Gasteiger partial charge in [-0.1, -0.05) is 31.0 Å². The smallest absolute Gasteiger partial charge is 0.127 e. The molecule has 0 heterocycles. The Bertz CT molecular complexity index is 421. The van der Waals surface area contributed by atoms with Crippen LogP contribution in [0.25, 0.3) is 0 Å². The van der Waals surface area contributed by atoms with Crippen LogP contribution in [0.5, 0.6) is 0 Å². The molecule has 1 unspecified atom stereocenters. The molecular weight excluding hydrogens is 267 g/mol. The van der Waals surface area contributed by atoms with E-state index in [1.54, 1.807) is 6.07 Å². The van der Waals surface area contributed by atoms with E-state index in [-0.39, 0.29) is 18.5 Å². The molecule has 0 bridgehead atoms. The zero-order chi connectivity index (χ0) is 15.1. The molecule has 21 heavy (non-hydrogen) atoms. The normalized spacial score (nSPS) is 17.5. The van der Waals surface area contributed by atoms with Gasteiger partial charge in [0.2, 0.25) is 0 Å². The quantitative estimate of drug-likeness (QED) is 0.774. The molecule has 1 aliphatic carbocycles. The van der Waals surface area contributed by atoms with Gasteiger partial charge >= 0.3 is 0 Å². The van der Waals surface area contributed by atoms with E-state index in [9.17, 15) is 9.50 Å². The van der Waals surface area contributed by atoms with Crippen LogP contribution in [0.4, 0.5) is 4.39 Å². The van der Waals surface area contributed by atoms with Gasteiger partial charge in [0.1, 0.15) is 5.82 Å². The summed E-state index contributed by atoms with van der Waals surface area (Å²) in [5, 5.41) is 12.5. The topological polar surface area (TPSA) is 35.5 Å². The average Bonchev–Trinajstić information content (AvgIpc) is 3.02. The third-order valence-electron chi connectivity index (χ3n) is 4.56. The lowest BCUT2D eigenvalue weighted by Crippen LogP contribution is -2.38. The van der Waals surface area contributed by atoms with Gasteiger partial charge in [0.25, 0.3) is 0 Å². The largest absolute Gasteiger partial charge is 0.395 e. The van der Waals surface area contributed by atoms with E-state index >= 15 is 0 Å². The highest BCUT2D eigenvalue weighted by atomic mass is 19.1. The third kappa shape index (κ3) is 4.50. The SMILES string of the molecule is CNC(CCN(CCO)C1CCCC1)c1ccccc1F. The summed E-state index contributed by atoms with van der Waals surface area (Å²) in [6.45, 7) is 1.81. The fourth-order valence-electron chi connectivity index (χ4n) is 3.38. The highest BCUT2D eigenvalue weighted by molar-refractivity contribution is 5.21. The molecule has 118 valence electrons. The van der Waals surface area contributed by atoms with Crippen molar-refractivity contribution in [1.29, 1.82) is 0 Å². The molecule has 4 heteroatoms. The molecule has 1 aromatic rings. The highest BCUT2D eigenvalue weighted by Crippen LogP contribution is 2.25. The molecule has 0 saturated heterocycles. The van der Waals surface area contributed by atoms with Crippen LogP contribution in [0.2, 0.25) is 0 Å². The number of benzene rings is 1. The molecule has 1 aliphatic rings. The lowest BCUT2D eigenvalue weighted by Gasteiger charge is -2.30. The highest BCUT2D eigenvalue weighted by Gasteiger charge is 2.23. The van der Waals surface area contributed by atoms with Gasteiger partial charge in [-0.15, -0.1) is 0 Å². The van der Waals surface area contributed by atoms with Crippen molar-refractivity contribution in [2.75, 3.05) is 26.7 Å². The van der Waals surface area contributed by atoms with Gasteiger partial charge in [0.15, 0.2) is 0 Å². The Kier molecular flexibility index (Phi) is 6.61. The predicted molar refractivity (Wildman–Crippen MR) is 83.7 cm³/mol. The lowest BCUT2D eigenvalue weighted by molar-refractivity contribution is 0.146. The molecule has 0 aromatic heterocycles. The van der Waals surface area contributed by atoms with Gasteiger partial charge in [0.05, 0.1) is 6.61 Å². The van der Waals surface area contributed by atoms with Crippen LogP contribution >= 0.6 is 0 Å². The van der Waals surface area contributed by atoms with E-state index in [1.165, 1.54) is 31.7 Å². The van der Waals surface area contributed by atoms with Crippen LogP contribution in [0.1, 0.15) is 43.7 Å². The molecule has 1 fully saturated rings. The Balaban J connectivity index is 1.95. The Morgan fingerprint density at radius 1 is 1.29 bits per heavy atom. The first-order chi connectivity index (χ1) is 10.3. The van der Waals surface area contributed by atoms with Crippen molar-refractivity contribution in [3.8, 4) is 0 Å². The van der Waals surface area contributed by atoms with Crippen molar-refractivity contribution in [3.63, 3.8) is 0 Å². The van der Waals surface area contributed by atoms with Crippen molar-refractivity contribution in [2.45, 2.75) is 44.2 Å². The molecule has 0 amide bonds. The Hall–Kier alpha value is -0.970. The van der Waals surface area contributed by atoms with E-state index in [2.05, 4.69) is 10.2 Å². The monoisotopic (exact) mass is 294 g/mol. The summed E-state index contributed by atoms with van der Waals surface area (Å²) in [5.74, 6) is -0.147. The Labute approximate surface area is 127 Å². The van der Waals surface area contributed by atoms with Gasteiger partial charge in [-0.05, 0) is 32.4 Å². The molecular formula is C17H27FN2O. The third-order valence-corrected chi connectivity index (χ3v) is 4.56. The van der Waals surface area contributed by atoms with Crippen molar-refractivity contribution in [1.82, 2.24) is 10.2 Å². The molecule has 0 spiro atoms. The summed E-state index contributed by atoms with van der Waals surface area (Å²) in [5.41, 5.74) is 0.732. The number of nitrogens with zero attached hydrogens (tertiary/aromatic N) is 1. The van der Waals surface area contributed by atoms with E-state index < -0.39 is 0 Å². The summed E-state index contributed by atoms with van der Waals surface area (Å²) in [6, 6.07) is 7.59. The second-order valence-corrected chi connectivity index (χ2v) is 5.85. The predicted octanol–water partition coefficient (Wildman–Crippen LogP) is 2.71. The van der Waals surface area contributed by atoms with Crippen molar-refractivity contribution >= 4 is 0 Å². The molecule has 1 saturated carbocycles. The van der Waals surface area contributed by atoms with Crippen LogP contribution in [0.15, 0.2) is 24.3 Å². The van der Waals surface area contributed by atoms with Crippen LogP contribution in [0.3, 0.4) is 0 Å². The van der Waals surface area contributed by atoms with Crippen LogP contribution in [-0.2, 0) is 0 Å². The van der Waals surface area contributed by atoms with Crippen molar-refractivity contribution in [2.24, 2.45) is 0 Å². The fourth-order valence-corrected chi connectivity index (χ4v) is 3.38. The van der Waals surface area contributed by atoms with Crippen LogP contribution in [0, 0.1) is 5.82 Å². The van der Waals surface area contributed by atoms with Gasteiger partial charge < -0.3 is 10.4 Å². The van der Waals surface area contributed by atoms with E-state index in [1.807, 2.05) is 19.2 Å². The first-order valence-corrected chi connectivity index (χ1v) is 8.03. The van der Waals surface area contributed by atoms with Crippen molar-refractivity contribution in [3.05, 3.63) is 35.6 Å². The molecule has 2 rings (SSSR count). The van der Waals surface area contributed by atoms with Gasteiger partial charge in [-0.2, -0.15) is 0 Å². The molecule has 0 aliphatic heterocycles. The number of nitrogens with one attached hydrogen (secondary N) is 1. The minimum Gasteiger partial charge on any atom is -0.395 e. The first-order valence-electron chi connectivity index (χ1n) is 8.03.